The molecule has 31 heavy (non-hydrogen) atoms. The maximum atomic E-state index is 4.88. The maximum Gasteiger partial charge on any atom is 0.181 e. The minimum atomic E-state index is 0.629. The zero-order valence-corrected chi connectivity index (χ0v) is 17.2. The van der Waals surface area contributed by atoms with E-state index in [1.165, 1.54) is 0 Å². The molecule has 8 heteroatoms. The largest absolute Gasteiger partial charge is 0.340 e. The topological polar surface area (TPSA) is 101 Å². The Morgan fingerprint density at radius 2 is 2.06 bits per heavy atom. The van der Waals surface area contributed by atoms with Crippen LogP contribution in [0.1, 0.15) is 17.1 Å². The van der Waals surface area contributed by atoms with E-state index in [-0.39, 0.29) is 0 Å². The molecule has 0 aliphatic heterocycles. The first-order valence-electron chi connectivity index (χ1n) is 9.78. The van der Waals surface area contributed by atoms with Crippen LogP contribution < -0.4 is 0 Å². The number of imidazole rings is 1. The zero-order valence-electron chi connectivity index (χ0n) is 17.2. The standard InChI is InChI=1S/C23H20N8/c1-4-7-17(19-8-5-6-9-24-19)20-14(2)27-23(28-20)21-18-10-15(11-25-22(18)30-29-21)16-12-26-31(3)13-16/h4-13H,1H2,2-3H3,(H,27,28)(H,25,29,30)/b17-7-. The molecular weight excluding hydrogens is 388 g/mol. The fourth-order valence-corrected chi connectivity index (χ4v) is 3.57. The van der Waals surface area contributed by atoms with Crippen LogP contribution in [-0.2, 0) is 7.05 Å². The van der Waals surface area contributed by atoms with Gasteiger partial charge < -0.3 is 4.98 Å². The average molecular weight is 408 g/mol. The highest BCUT2D eigenvalue weighted by molar-refractivity contribution is 5.92. The number of pyridine rings is 2. The van der Waals surface area contributed by atoms with E-state index in [0.29, 0.717) is 11.5 Å². The number of hydrogen-bond donors (Lipinski definition) is 2. The molecule has 152 valence electrons. The summed E-state index contributed by atoms with van der Waals surface area (Å²) in [4.78, 5) is 17.2. The van der Waals surface area contributed by atoms with E-state index in [0.717, 1.165) is 44.9 Å². The van der Waals surface area contributed by atoms with Crippen molar-refractivity contribution in [1.82, 2.24) is 39.9 Å². The number of aromatic amines is 2. The van der Waals surface area contributed by atoms with Gasteiger partial charge in [0.1, 0.15) is 5.69 Å². The van der Waals surface area contributed by atoms with Crippen LogP contribution >= 0.6 is 0 Å². The molecule has 0 saturated heterocycles. The first kappa shape index (κ1) is 18.7. The molecular formula is C23H20N8. The summed E-state index contributed by atoms with van der Waals surface area (Å²) in [5, 5.41) is 12.6. The molecule has 5 aromatic heterocycles. The number of fused-ring (bicyclic) bond motifs is 1. The third kappa shape index (κ3) is 3.33. The summed E-state index contributed by atoms with van der Waals surface area (Å²) in [7, 11) is 1.89. The SMILES string of the molecule is C=C/C=C(/c1ccccn1)c1nc(-c2[nH]nc3ncc(-c4cnn(C)c4)cc23)[nH]c1C. The normalized spacial score (nSPS) is 11.9. The Balaban J connectivity index is 1.61. The van der Waals surface area contributed by atoms with Crippen LogP contribution in [0.4, 0.5) is 0 Å². The van der Waals surface area contributed by atoms with Crippen LogP contribution in [0.2, 0.25) is 0 Å². The Hall–Kier alpha value is -4.33. The van der Waals surface area contributed by atoms with Crippen molar-refractivity contribution in [3.8, 4) is 22.6 Å². The van der Waals surface area contributed by atoms with Crippen LogP contribution in [0.3, 0.4) is 0 Å². The Morgan fingerprint density at radius 1 is 1.16 bits per heavy atom. The second-order valence-corrected chi connectivity index (χ2v) is 7.19. The van der Waals surface area contributed by atoms with Crippen molar-refractivity contribution in [2.24, 2.45) is 7.05 Å². The fraction of sp³-hybridized carbons (Fsp3) is 0.0870. The van der Waals surface area contributed by atoms with Gasteiger partial charge in [0.05, 0.1) is 23.0 Å². The van der Waals surface area contributed by atoms with Gasteiger partial charge in [0, 0.05) is 48.0 Å². The molecule has 5 heterocycles. The zero-order chi connectivity index (χ0) is 21.4. The highest BCUT2D eigenvalue weighted by Gasteiger charge is 2.18. The van der Waals surface area contributed by atoms with E-state index in [9.17, 15) is 0 Å². The highest BCUT2D eigenvalue weighted by Crippen LogP contribution is 2.30. The van der Waals surface area contributed by atoms with Crippen molar-refractivity contribution >= 4 is 16.6 Å². The molecule has 0 bridgehead atoms. The van der Waals surface area contributed by atoms with Gasteiger partial charge in [-0.2, -0.15) is 10.2 Å². The van der Waals surface area contributed by atoms with E-state index in [1.807, 2.05) is 50.6 Å². The maximum absolute atomic E-state index is 4.88. The molecule has 5 rings (SSSR count). The van der Waals surface area contributed by atoms with Gasteiger partial charge in [-0.1, -0.05) is 24.8 Å². The Bertz CT molecular complexity index is 1420. The van der Waals surface area contributed by atoms with Crippen molar-refractivity contribution in [3.63, 3.8) is 0 Å². The van der Waals surface area contributed by atoms with Gasteiger partial charge in [-0.15, -0.1) is 0 Å². The molecule has 0 fully saturated rings. The van der Waals surface area contributed by atoms with E-state index in [2.05, 4.69) is 42.9 Å². The summed E-state index contributed by atoms with van der Waals surface area (Å²) in [6.07, 6.45) is 11.0. The summed E-state index contributed by atoms with van der Waals surface area (Å²) in [5.74, 6) is 0.686. The predicted molar refractivity (Wildman–Crippen MR) is 120 cm³/mol. The van der Waals surface area contributed by atoms with Gasteiger partial charge in [-0.05, 0) is 25.1 Å². The summed E-state index contributed by atoms with van der Waals surface area (Å²) in [5.41, 5.74) is 6.83. The third-order valence-corrected chi connectivity index (χ3v) is 5.05. The van der Waals surface area contributed by atoms with Crippen molar-refractivity contribution in [2.75, 3.05) is 0 Å². The van der Waals surface area contributed by atoms with Crippen molar-refractivity contribution in [2.45, 2.75) is 6.92 Å². The molecule has 0 saturated carbocycles. The molecule has 0 aliphatic carbocycles. The third-order valence-electron chi connectivity index (χ3n) is 5.05. The van der Waals surface area contributed by atoms with Crippen LogP contribution in [0, 0.1) is 6.92 Å². The van der Waals surface area contributed by atoms with Crippen LogP contribution in [0.5, 0.6) is 0 Å². The fourth-order valence-electron chi connectivity index (χ4n) is 3.57. The van der Waals surface area contributed by atoms with Crippen LogP contribution in [0.15, 0.2) is 67.8 Å². The number of hydrogen-bond acceptors (Lipinski definition) is 5. The molecule has 0 unspecified atom stereocenters. The van der Waals surface area contributed by atoms with Gasteiger partial charge in [-0.3, -0.25) is 14.8 Å². The summed E-state index contributed by atoms with van der Waals surface area (Å²) >= 11 is 0. The minimum absolute atomic E-state index is 0.629. The number of rotatable bonds is 5. The predicted octanol–water partition coefficient (Wildman–Crippen LogP) is 4.07. The lowest BCUT2D eigenvalue weighted by molar-refractivity contribution is 0.768. The van der Waals surface area contributed by atoms with E-state index in [4.69, 9.17) is 4.98 Å². The molecule has 0 spiro atoms. The van der Waals surface area contributed by atoms with Crippen molar-refractivity contribution in [3.05, 3.63) is 84.9 Å². The van der Waals surface area contributed by atoms with Crippen LogP contribution in [0.25, 0.3) is 39.3 Å². The van der Waals surface area contributed by atoms with Gasteiger partial charge in [0.25, 0.3) is 0 Å². The smallest absolute Gasteiger partial charge is 0.181 e. The van der Waals surface area contributed by atoms with Gasteiger partial charge in [0.15, 0.2) is 11.5 Å². The molecule has 5 aromatic rings. The number of aryl methyl sites for hydroxylation is 2. The lowest BCUT2D eigenvalue weighted by atomic mass is 10.1. The molecule has 0 radical (unpaired) electrons. The lowest BCUT2D eigenvalue weighted by Gasteiger charge is -2.04. The van der Waals surface area contributed by atoms with Crippen molar-refractivity contribution < 1.29 is 0 Å². The molecule has 2 N–H and O–H groups in total. The Morgan fingerprint density at radius 3 is 2.81 bits per heavy atom. The first-order valence-corrected chi connectivity index (χ1v) is 9.78. The Labute approximate surface area is 178 Å². The van der Waals surface area contributed by atoms with Crippen molar-refractivity contribution in [1.29, 1.82) is 0 Å². The second-order valence-electron chi connectivity index (χ2n) is 7.19. The molecule has 0 atom stereocenters. The monoisotopic (exact) mass is 408 g/mol. The minimum Gasteiger partial charge on any atom is -0.340 e. The number of nitrogens with one attached hydrogen (secondary N) is 2. The number of allylic oxidation sites excluding steroid dienone is 2. The summed E-state index contributed by atoms with van der Waals surface area (Å²) in [6.45, 7) is 5.84. The van der Waals surface area contributed by atoms with E-state index < -0.39 is 0 Å². The summed E-state index contributed by atoms with van der Waals surface area (Å²) in [6, 6.07) is 7.85. The first-order chi connectivity index (χ1) is 15.1. The van der Waals surface area contributed by atoms with Gasteiger partial charge in [-0.25, -0.2) is 9.97 Å². The van der Waals surface area contributed by atoms with E-state index in [1.54, 1.807) is 23.2 Å². The quantitative estimate of drug-likeness (QED) is 0.427. The lowest BCUT2D eigenvalue weighted by Crippen LogP contribution is -1.93. The molecule has 0 aliphatic rings. The molecule has 8 nitrogen and oxygen atoms in total. The number of nitrogens with zero attached hydrogens (tertiary/aromatic N) is 6. The Kier molecular flexibility index (Phi) is 4.51. The summed E-state index contributed by atoms with van der Waals surface area (Å²) < 4.78 is 1.77. The average Bonchev–Trinajstić information content (AvgIpc) is 3.50. The highest BCUT2D eigenvalue weighted by atomic mass is 15.2. The number of H-pyrrole nitrogens is 2. The second kappa shape index (κ2) is 7.49. The van der Waals surface area contributed by atoms with E-state index >= 15 is 0 Å². The number of aromatic nitrogens is 8. The van der Waals surface area contributed by atoms with Crippen LogP contribution in [-0.4, -0.2) is 39.9 Å². The van der Waals surface area contributed by atoms with Gasteiger partial charge >= 0.3 is 0 Å². The molecule has 0 aromatic carbocycles. The van der Waals surface area contributed by atoms with Gasteiger partial charge in [0.2, 0.25) is 0 Å². The molecule has 0 amide bonds.